The molecule has 0 aliphatic heterocycles. The summed E-state index contributed by atoms with van der Waals surface area (Å²) in [6.45, 7) is 0. The van der Waals surface area contributed by atoms with Gasteiger partial charge < -0.3 is 25.4 Å². The van der Waals surface area contributed by atoms with Gasteiger partial charge in [0.1, 0.15) is 11.3 Å². The predicted octanol–water partition coefficient (Wildman–Crippen LogP) is 4.90. The van der Waals surface area contributed by atoms with E-state index < -0.39 is 86.1 Å². The zero-order valence-electron chi connectivity index (χ0n) is 18.9. The number of fused-ring (bicyclic) bond motifs is 1. The largest absolute Gasteiger partial charge is 0.506 e. The summed E-state index contributed by atoms with van der Waals surface area (Å²) in [6, 6.07) is 4.14. The molecule has 4 rings (SSSR count). The molecule has 0 aliphatic rings. The number of hydrogen-bond donors (Lipinski definition) is 1. The molecule has 40 heavy (non-hydrogen) atoms. The Labute approximate surface area is 256 Å². The van der Waals surface area contributed by atoms with Crippen molar-refractivity contribution in [2.24, 2.45) is 0 Å². The first-order valence-corrected chi connectivity index (χ1v) is 9.71. The minimum atomic E-state index is -5.54. The SMILES string of the molecule is O.O.O=C(c1c(O)c2ccc(N(c3cc(F)c(F)c(F)c3)c3cc(F)c(F)c(F)c3)cc2oc1=O)C(F)(F)F.[Eu]. The molecular formula is C23H12EuF9NO6. The third kappa shape index (κ3) is 6.33. The van der Waals surface area contributed by atoms with Gasteiger partial charge in [-0.15, -0.1) is 0 Å². The zero-order chi connectivity index (χ0) is 27.4. The van der Waals surface area contributed by atoms with Crippen LogP contribution in [0.3, 0.4) is 0 Å². The van der Waals surface area contributed by atoms with E-state index in [0.717, 1.165) is 18.2 Å². The van der Waals surface area contributed by atoms with Crippen molar-refractivity contribution in [3.05, 3.63) is 93.4 Å². The summed E-state index contributed by atoms with van der Waals surface area (Å²) in [4.78, 5) is 24.3. The van der Waals surface area contributed by atoms with Gasteiger partial charge in [-0.2, -0.15) is 13.2 Å². The summed E-state index contributed by atoms with van der Waals surface area (Å²) >= 11 is 0. The number of nitrogens with zero attached hydrogens (tertiary/aromatic N) is 1. The van der Waals surface area contributed by atoms with Gasteiger partial charge in [0.15, 0.2) is 40.5 Å². The first-order valence-electron chi connectivity index (χ1n) is 9.71. The number of anilines is 3. The number of Topliss-reactive ketones (excluding diaryl/α,β-unsaturated/α-hetero) is 1. The Morgan fingerprint density at radius 2 is 1.18 bits per heavy atom. The predicted molar refractivity (Wildman–Crippen MR) is 116 cm³/mol. The van der Waals surface area contributed by atoms with Crippen molar-refractivity contribution < 1.29 is 114 Å². The monoisotopic (exact) mass is 722 g/mol. The van der Waals surface area contributed by atoms with Gasteiger partial charge in [0, 0.05) is 85.4 Å². The van der Waals surface area contributed by atoms with Crippen molar-refractivity contribution in [1.29, 1.82) is 0 Å². The molecule has 1 radical (unpaired) electrons. The number of benzene rings is 3. The van der Waals surface area contributed by atoms with Crippen molar-refractivity contribution in [3.63, 3.8) is 0 Å². The Morgan fingerprint density at radius 3 is 1.57 bits per heavy atom. The maximum Gasteiger partial charge on any atom is 0.455 e. The standard InChI is InChI=1S/C23H8F9NO4.Eu.2H2O/c24-12-3-9(4-13(25)18(12)28)33(10-5-14(26)19(29)15(27)6-10)8-1-2-11-16(7-8)37-22(36)17(20(11)34)21(35)23(30,31)32;;;/h1-7,34H;;2*1H2. The van der Waals surface area contributed by atoms with E-state index in [4.69, 9.17) is 4.42 Å². The minimum Gasteiger partial charge on any atom is -0.506 e. The smallest absolute Gasteiger partial charge is 0.455 e. The topological polar surface area (TPSA) is 134 Å². The van der Waals surface area contributed by atoms with Gasteiger partial charge in [0.05, 0.1) is 16.8 Å². The van der Waals surface area contributed by atoms with Crippen molar-refractivity contribution in [1.82, 2.24) is 0 Å². The third-order valence-electron chi connectivity index (χ3n) is 5.06. The molecule has 0 amide bonds. The molecule has 4 aromatic rings. The molecule has 0 aliphatic carbocycles. The molecule has 1 heterocycles. The molecule has 0 unspecified atom stereocenters. The van der Waals surface area contributed by atoms with Crippen molar-refractivity contribution in [3.8, 4) is 5.75 Å². The molecule has 17 heteroatoms. The van der Waals surface area contributed by atoms with Crippen LogP contribution in [0.2, 0.25) is 0 Å². The average Bonchev–Trinajstić information content (AvgIpc) is 2.80. The van der Waals surface area contributed by atoms with E-state index in [0.29, 0.717) is 29.2 Å². The van der Waals surface area contributed by atoms with Crippen LogP contribution in [0, 0.1) is 84.3 Å². The second kappa shape index (κ2) is 12.7. The molecule has 0 bridgehead atoms. The summed E-state index contributed by atoms with van der Waals surface area (Å²) in [5, 5.41) is 9.56. The van der Waals surface area contributed by atoms with Gasteiger partial charge in [-0.3, -0.25) is 4.79 Å². The fraction of sp³-hybridized carbons (Fsp3) is 0.0435. The number of hydrogen-bond acceptors (Lipinski definition) is 5. The number of carbonyl (C=O) groups is 1. The van der Waals surface area contributed by atoms with Crippen LogP contribution in [-0.4, -0.2) is 28.0 Å². The summed E-state index contributed by atoms with van der Waals surface area (Å²) in [5.41, 5.74) is -5.87. The fourth-order valence-electron chi connectivity index (χ4n) is 3.44. The van der Waals surface area contributed by atoms with Crippen molar-refractivity contribution in [2.45, 2.75) is 6.18 Å². The molecule has 1 aromatic heterocycles. The Morgan fingerprint density at radius 1 is 0.750 bits per heavy atom. The van der Waals surface area contributed by atoms with Crippen LogP contribution in [0.5, 0.6) is 5.75 Å². The van der Waals surface area contributed by atoms with E-state index in [1.165, 1.54) is 0 Å². The molecule has 0 atom stereocenters. The van der Waals surface area contributed by atoms with E-state index in [1.54, 1.807) is 0 Å². The van der Waals surface area contributed by atoms with Gasteiger partial charge in [-0.25, -0.2) is 31.1 Å². The van der Waals surface area contributed by atoms with Gasteiger partial charge >= 0.3 is 11.8 Å². The van der Waals surface area contributed by atoms with Gasteiger partial charge in [-0.1, -0.05) is 0 Å². The molecular weight excluding hydrogens is 709 g/mol. The van der Waals surface area contributed by atoms with E-state index in [9.17, 15) is 54.2 Å². The molecule has 0 saturated heterocycles. The first kappa shape index (κ1) is 35.0. The number of rotatable bonds is 4. The summed E-state index contributed by atoms with van der Waals surface area (Å²) < 4.78 is 126. The Kier molecular flexibility index (Phi) is 11.1. The molecule has 0 spiro atoms. The maximum absolute atomic E-state index is 14.0. The number of halogens is 9. The minimum absolute atomic E-state index is 0. The zero-order valence-corrected chi connectivity index (χ0v) is 21.4. The number of carbonyl (C=O) groups excluding carboxylic acids is 1. The number of aromatic hydroxyl groups is 1. The van der Waals surface area contributed by atoms with Crippen LogP contribution in [0.4, 0.5) is 56.6 Å². The molecule has 0 fully saturated rings. The second-order valence-corrected chi connectivity index (χ2v) is 7.40. The van der Waals surface area contributed by atoms with Crippen LogP contribution in [0.25, 0.3) is 11.0 Å². The number of ketones is 1. The number of alkyl halides is 3. The van der Waals surface area contributed by atoms with Crippen LogP contribution >= 0.6 is 0 Å². The summed E-state index contributed by atoms with van der Waals surface area (Å²) in [6.07, 6.45) is -5.54. The van der Waals surface area contributed by atoms with E-state index >= 15 is 0 Å². The molecule has 5 N–H and O–H groups in total. The van der Waals surface area contributed by atoms with E-state index in [2.05, 4.69) is 0 Å². The maximum atomic E-state index is 14.0. The Balaban J connectivity index is 0.00000267. The quantitative estimate of drug-likeness (QED) is 0.139. The summed E-state index contributed by atoms with van der Waals surface area (Å²) in [7, 11) is 0. The van der Waals surface area contributed by atoms with Crippen molar-refractivity contribution in [2.75, 3.05) is 4.90 Å². The van der Waals surface area contributed by atoms with Gasteiger partial charge in [0.2, 0.25) is 0 Å². The molecule has 3 aromatic carbocycles. The Bertz CT molecular complexity index is 1560. The van der Waals surface area contributed by atoms with Gasteiger partial charge in [-0.05, 0) is 12.1 Å². The molecule has 7 nitrogen and oxygen atoms in total. The van der Waals surface area contributed by atoms with Crippen LogP contribution in [0.15, 0.2) is 51.7 Å². The van der Waals surface area contributed by atoms with Gasteiger partial charge in [0.25, 0.3) is 5.78 Å². The first-order chi connectivity index (χ1) is 17.2. The van der Waals surface area contributed by atoms with Crippen LogP contribution in [-0.2, 0) is 0 Å². The fourth-order valence-corrected chi connectivity index (χ4v) is 3.44. The second-order valence-electron chi connectivity index (χ2n) is 7.40. The van der Waals surface area contributed by atoms with E-state index in [1.807, 2.05) is 0 Å². The average molecular weight is 721 g/mol. The molecule has 215 valence electrons. The third-order valence-corrected chi connectivity index (χ3v) is 5.06. The van der Waals surface area contributed by atoms with Crippen molar-refractivity contribution >= 4 is 33.8 Å². The van der Waals surface area contributed by atoms with Crippen LogP contribution < -0.4 is 10.5 Å². The Hall–Kier alpha value is -2.99. The normalized spacial score (nSPS) is 10.8. The van der Waals surface area contributed by atoms with Crippen LogP contribution in [0.1, 0.15) is 10.4 Å². The van der Waals surface area contributed by atoms with E-state index in [-0.39, 0.29) is 66.0 Å². The summed E-state index contributed by atoms with van der Waals surface area (Å²) in [5.74, 6) is -14.8. The molecule has 0 saturated carbocycles.